The van der Waals surface area contributed by atoms with Crippen molar-refractivity contribution >= 4 is 13.8 Å². The molecule has 0 saturated heterocycles. The average Bonchev–Trinajstić information content (AvgIpc) is 3.33. The summed E-state index contributed by atoms with van der Waals surface area (Å²) < 4.78 is 35.2. The molecule has 0 aliphatic rings. The van der Waals surface area contributed by atoms with Gasteiger partial charge in [0.1, 0.15) is 19.3 Å². The van der Waals surface area contributed by atoms with Crippen LogP contribution >= 0.6 is 7.82 Å². The molecule has 1 N–H and O–H groups in total. The summed E-state index contributed by atoms with van der Waals surface area (Å²) in [6.07, 6.45) is 77.0. The molecule has 0 heterocycles. The molecule has 0 saturated carbocycles. The number of unbranched alkanes of at least 4 members (excludes halogenated alkanes) is 17. The second kappa shape index (κ2) is 53.2. The fourth-order valence-electron chi connectivity index (χ4n) is 7.20. The molecule has 0 aromatic rings. The SMILES string of the molecule is CC/C=C\C/C=C\C/C=C\C/C=C\C/C=C\C/C=C\C/C=C\CCCC(=O)OC(COCCCCCCCCCCCCC/C=C\C/C=C\C/C=C\CCCCCCC)COP(=O)(O)OCC[N+](C)(C)C. The van der Waals surface area contributed by atoms with Gasteiger partial charge in [0.15, 0.2) is 0 Å². The first kappa shape index (κ1) is 67.9. The average molecular weight is 1010 g/mol. The molecule has 0 amide bonds. The molecule has 0 bridgehead atoms. The van der Waals surface area contributed by atoms with Crippen LogP contribution in [0, 0.1) is 0 Å². The Kier molecular flexibility index (Phi) is 50.9. The van der Waals surface area contributed by atoms with Crippen molar-refractivity contribution in [2.45, 2.75) is 213 Å². The van der Waals surface area contributed by atoms with Gasteiger partial charge in [-0.25, -0.2) is 4.57 Å². The number of phosphoric acid groups is 1. The second-order valence-corrected chi connectivity index (χ2v) is 21.0. The van der Waals surface area contributed by atoms with Crippen LogP contribution in [0.5, 0.6) is 0 Å². The van der Waals surface area contributed by atoms with Gasteiger partial charge in [0.25, 0.3) is 0 Å². The minimum atomic E-state index is -4.31. The summed E-state index contributed by atoms with van der Waals surface area (Å²) in [5, 5.41) is 0. The third-order valence-electron chi connectivity index (χ3n) is 11.5. The fourth-order valence-corrected chi connectivity index (χ4v) is 7.94. The van der Waals surface area contributed by atoms with Crippen LogP contribution in [0.3, 0.4) is 0 Å². The Labute approximate surface area is 437 Å². The minimum Gasteiger partial charge on any atom is -0.457 e. The maximum absolute atomic E-state index is 12.8. The van der Waals surface area contributed by atoms with Crippen molar-refractivity contribution < 1.29 is 37.3 Å². The summed E-state index contributed by atoms with van der Waals surface area (Å²) in [5.41, 5.74) is 0. The topological polar surface area (TPSA) is 91.3 Å². The van der Waals surface area contributed by atoms with Gasteiger partial charge in [0.05, 0.1) is 34.4 Å². The molecular weight excluding hydrogens is 902 g/mol. The summed E-state index contributed by atoms with van der Waals surface area (Å²) in [4.78, 5) is 23.0. The molecule has 0 aromatic heterocycles. The predicted octanol–water partition coefficient (Wildman–Crippen LogP) is 18.1. The lowest BCUT2D eigenvalue weighted by atomic mass is 10.1. The van der Waals surface area contributed by atoms with E-state index in [0.717, 1.165) is 77.0 Å². The van der Waals surface area contributed by atoms with E-state index in [1.165, 1.54) is 103 Å². The number of hydrogen-bond donors (Lipinski definition) is 1. The van der Waals surface area contributed by atoms with Gasteiger partial charge < -0.3 is 18.9 Å². The fraction of sp³-hybridized carbons (Fsp3) is 0.661. The lowest BCUT2D eigenvalue weighted by Gasteiger charge is -2.24. The largest absolute Gasteiger partial charge is 0.472 e. The first-order chi connectivity index (χ1) is 34.6. The molecule has 0 fully saturated rings. The van der Waals surface area contributed by atoms with Crippen molar-refractivity contribution in [2.24, 2.45) is 0 Å². The van der Waals surface area contributed by atoms with Gasteiger partial charge in [-0.3, -0.25) is 13.8 Å². The van der Waals surface area contributed by atoms with E-state index in [2.05, 4.69) is 135 Å². The van der Waals surface area contributed by atoms with Crippen molar-refractivity contribution in [1.29, 1.82) is 0 Å². The molecule has 2 unspecified atom stereocenters. The molecule has 0 spiro atoms. The van der Waals surface area contributed by atoms with Crippen molar-refractivity contribution in [1.82, 2.24) is 0 Å². The first-order valence-corrected chi connectivity index (χ1v) is 29.8. The molecule has 71 heavy (non-hydrogen) atoms. The molecule has 2 atom stereocenters. The van der Waals surface area contributed by atoms with Gasteiger partial charge in [-0.15, -0.1) is 0 Å². The maximum atomic E-state index is 12.8. The standard InChI is InChI=1S/C62H106NO7P/c1-6-8-10-12-14-16-18-20-22-24-26-28-30-31-32-34-36-38-40-42-44-46-48-50-52-54-57-67-59-61(60-69-71(65,66)68-58-56-63(3,4)5)70-62(64)55-53-51-49-47-45-43-41-39-37-35-33-29-27-25-23-21-19-17-15-13-11-9-7-2/h9,11,15,17-18,20-21,23-24,26-27,29-31,35,37,41,43,47,49,61H,6-8,10,12-14,16,19,22,25,28,32-34,36,38-40,42,44-46,48,50-60H2,1-5H3/p+1/b11-9-,17-15-,20-18-,23-21-,26-24-,29-27-,31-30-,37-35-,43-41-,49-47-. The molecule has 406 valence electrons. The lowest BCUT2D eigenvalue weighted by Crippen LogP contribution is -2.37. The zero-order chi connectivity index (χ0) is 51.9. The van der Waals surface area contributed by atoms with Crippen LogP contribution in [0.1, 0.15) is 206 Å². The van der Waals surface area contributed by atoms with E-state index in [9.17, 15) is 14.3 Å². The van der Waals surface area contributed by atoms with Crippen molar-refractivity contribution in [3.8, 4) is 0 Å². The first-order valence-electron chi connectivity index (χ1n) is 28.3. The second-order valence-electron chi connectivity index (χ2n) is 19.6. The van der Waals surface area contributed by atoms with Gasteiger partial charge in [-0.05, 0) is 103 Å². The Bertz CT molecular complexity index is 1550. The van der Waals surface area contributed by atoms with Crippen LogP contribution in [-0.2, 0) is 27.9 Å². The summed E-state index contributed by atoms with van der Waals surface area (Å²) >= 11 is 0. The van der Waals surface area contributed by atoms with E-state index >= 15 is 0 Å². The molecule has 0 radical (unpaired) electrons. The number of nitrogens with zero attached hydrogens (tertiary/aromatic N) is 1. The Hall–Kier alpha value is -3.10. The number of carbonyl (C=O) groups is 1. The molecule has 8 nitrogen and oxygen atoms in total. The van der Waals surface area contributed by atoms with Crippen molar-refractivity contribution in [3.63, 3.8) is 0 Å². The molecular formula is C62H107NO7P+. The number of quaternary nitrogens is 1. The van der Waals surface area contributed by atoms with E-state index in [1.54, 1.807) is 0 Å². The number of hydrogen-bond acceptors (Lipinski definition) is 6. The van der Waals surface area contributed by atoms with Crippen LogP contribution in [0.25, 0.3) is 0 Å². The van der Waals surface area contributed by atoms with Crippen molar-refractivity contribution in [2.75, 3.05) is 54.1 Å². The zero-order valence-corrected chi connectivity index (χ0v) is 47.1. The summed E-state index contributed by atoms with van der Waals surface area (Å²) in [6.45, 7) is 5.39. The Morgan fingerprint density at radius 2 is 0.817 bits per heavy atom. The Morgan fingerprint density at radius 1 is 0.451 bits per heavy atom. The maximum Gasteiger partial charge on any atom is 0.472 e. The number of esters is 1. The van der Waals surface area contributed by atoms with Crippen LogP contribution in [-0.4, -0.2) is 75.6 Å². The highest BCUT2D eigenvalue weighted by Gasteiger charge is 2.26. The number of allylic oxidation sites excluding steroid dienone is 20. The molecule has 0 aromatic carbocycles. The van der Waals surface area contributed by atoms with Gasteiger partial charge in [0.2, 0.25) is 0 Å². The molecule has 0 aliphatic carbocycles. The molecule has 0 aliphatic heterocycles. The zero-order valence-electron chi connectivity index (χ0n) is 46.2. The van der Waals surface area contributed by atoms with E-state index in [-0.39, 0.29) is 32.2 Å². The van der Waals surface area contributed by atoms with Gasteiger partial charge in [0, 0.05) is 13.0 Å². The van der Waals surface area contributed by atoms with Crippen LogP contribution in [0.2, 0.25) is 0 Å². The normalized spacial score (nSPS) is 14.4. The number of phosphoric ester groups is 1. The predicted molar refractivity (Wildman–Crippen MR) is 307 cm³/mol. The number of ether oxygens (including phenoxy) is 2. The Balaban J connectivity index is 4.22. The third-order valence-corrected chi connectivity index (χ3v) is 12.5. The number of rotatable bonds is 51. The number of likely N-dealkylation sites (N-methyl/N-ethyl adjacent to an activating group) is 1. The van der Waals surface area contributed by atoms with E-state index in [4.69, 9.17) is 18.5 Å². The summed E-state index contributed by atoms with van der Waals surface area (Å²) in [7, 11) is 1.61. The summed E-state index contributed by atoms with van der Waals surface area (Å²) in [5.74, 6) is -0.375. The molecule has 0 rings (SSSR count). The van der Waals surface area contributed by atoms with Crippen LogP contribution in [0.4, 0.5) is 0 Å². The van der Waals surface area contributed by atoms with E-state index in [1.807, 2.05) is 21.1 Å². The molecule has 9 heteroatoms. The third kappa shape index (κ3) is 57.7. The highest BCUT2D eigenvalue weighted by Crippen LogP contribution is 2.43. The monoisotopic (exact) mass is 1010 g/mol. The van der Waals surface area contributed by atoms with Gasteiger partial charge >= 0.3 is 13.8 Å². The van der Waals surface area contributed by atoms with Gasteiger partial charge in [-0.1, -0.05) is 219 Å². The highest BCUT2D eigenvalue weighted by atomic mass is 31.2. The summed E-state index contributed by atoms with van der Waals surface area (Å²) in [6, 6.07) is 0. The highest BCUT2D eigenvalue weighted by molar-refractivity contribution is 7.47. The Morgan fingerprint density at radius 3 is 1.23 bits per heavy atom. The quantitative estimate of drug-likeness (QED) is 0.0213. The van der Waals surface area contributed by atoms with E-state index in [0.29, 0.717) is 24.1 Å². The van der Waals surface area contributed by atoms with E-state index < -0.39 is 13.9 Å². The van der Waals surface area contributed by atoms with Crippen molar-refractivity contribution in [3.05, 3.63) is 122 Å². The van der Waals surface area contributed by atoms with Gasteiger partial charge in [-0.2, -0.15) is 0 Å². The number of carbonyl (C=O) groups excluding carboxylic acids is 1. The van der Waals surface area contributed by atoms with Crippen LogP contribution in [0.15, 0.2) is 122 Å². The minimum absolute atomic E-state index is 0.0701. The van der Waals surface area contributed by atoms with Crippen LogP contribution < -0.4 is 0 Å². The smallest absolute Gasteiger partial charge is 0.457 e. The lowest BCUT2D eigenvalue weighted by molar-refractivity contribution is -0.870.